The molecule has 0 spiro atoms. The van der Waals surface area contributed by atoms with Crippen LogP contribution in [0.3, 0.4) is 0 Å². The van der Waals surface area contributed by atoms with Gasteiger partial charge in [0.05, 0.1) is 11.8 Å². The van der Waals surface area contributed by atoms with Gasteiger partial charge in [-0.2, -0.15) is 0 Å². The van der Waals surface area contributed by atoms with Gasteiger partial charge in [0, 0.05) is 19.0 Å². The third kappa shape index (κ3) is 4.85. The maximum absolute atomic E-state index is 12.1. The van der Waals surface area contributed by atoms with E-state index in [1.807, 2.05) is 18.2 Å². The number of urea groups is 1. The van der Waals surface area contributed by atoms with E-state index in [0.29, 0.717) is 17.4 Å². The lowest BCUT2D eigenvalue weighted by atomic mass is 9.96. The highest BCUT2D eigenvalue weighted by atomic mass is 32.1. The van der Waals surface area contributed by atoms with Crippen LogP contribution in [0.4, 0.5) is 9.93 Å². The summed E-state index contributed by atoms with van der Waals surface area (Å²) in [4.78, 5) is 28.3. The number of ether oxygens (including phenoxy) is 1. The summed E-state index contributed by atoms with van der Waals surface area (Å²) in [6, 6.07) is 5.72. The Hall–Kier alpha value is -2.35. The largest absolute Gasteiger partial charge is 0.494 e. The van der Waals surface area contributed by atoms with Gasteiger partial charge in [-0.3, -0.25) is 4.79 Å². The Morgan fingerprint density at radius 1 is 1.27 bits per heavy atom. The molecule has 1 heterocycles. The summed E-state index contributed by atoms with van der Waals surface area (Å²) >= 11 is 1.40. The summed E-state index contributed by atoms with van der Waals surface area (Å²) in [6.45, 7) is 0.290. The second kappa shape index (κ2) is 8.84. The standard InChI is InChI=1S/C18H24N4O3S/c1-25-13-8-5-9-14-16(13)22-18(26-14)21-15(23)10-11-19-17(24)20-12-6-3-2-4-7-12/h5,8-9,12H,2-4,6-7,10-11H2,1H3,(H2,19,20,24)(H,21,22,23). The normalized spacial score (nSPS) is 14.8. The van der Waals surface area contributed by atoms with Gasteiger partial charge in [0.15, 0.2) is 5.13 Å². The molecule has 1 aliphatic rings. The summed E-state index contributed by atoms with van der Waals surface area (Å²) in [7, 11) is 1.59. The Balaban J connectivity index is 1.43. The van der Waals surface area contributed by atoms with Gasteiger partial charge in [0.25, 0.3) is 0 Å². The Labute approximate surface area is 156 Å². The second-order valence-corrected chi connectivity index (χ2v) is 7.39. The maximum Gasteiger partial charge on any atom is 0.315 e. The number of rotatable bonds is 6. The van der Waals surface area contributed by atoms with Crippen LogP contribution >= 0.6 is 11.3 Å². The molecule has 0 bridgehead atoms. The number of methoxy groups -OCH3 is 1. The van der Waals surface area contributed by atoms with E-state index in [1.54, 1.807) is 7.11 Å². The van der Waals surface area contributed by atoms with Gasteiger partial charge >= 0.3 is 6.03 Å². The number of nitrogens with one attached hydrogen (secondary N) is 3. The second-order valence-electron chi connectivity index (χ2n) is 6.36. The molecule has 7 nitrogen and oxygen atoms in total. The van der Waals surface area contributed by atoms with Gasteiger partial charge in [-0.25, -0.2) is 9.78 Å². The molecule has 1 aromatic heterocycles. The fourth-order valence-corrected chi connectivity index (χ4v) is 4.00. The van der Waals surface area contributed by atoms with Crippen molar-refractivity contribution in [2.45, 2.75) is 44.6 Å². The van der Waals surface area contributed by atoms with Crippen LogP contribution in [0.1, 0.15) is 38.5 Å². The molecule has 0 unspecified atom stereocenters. The number of hydrogen-bond donors (Lipinski definition) is 3. The van der Waals surface area contributed by atoms with Crippen LogP contribution in [0.5, 0.6) is 5.75 Å². The van der Waals surface area contributed by atoms with Crippen molar-refractivity contribution in [1.82, 2.24) is 15.6 Å². The lowest BCUT2D eigenvalue weighted by Crippen LogP contribution is -2.43. The number of thiazole rings is 1. The number of hydrogen-bond acceptors (Lipinski definition) is 5. The molecule has 0 radical (unpaired) electrons. The van der Waals surface area contributed by atoms with Gasteiger partial charge in [-0.1, -0.05) is 36.7 Å². The highest BCUT2D eigenvalue weighted by molar-refractivity contribution is 7.22. The molecule has 0 saturated heterocycles. The SMILES string of the molecule is COc1cccc2sc(NC(=O)CCNC(=O)NC3CCCCC3)nc12. The molecule has 0 aliphatic heterocycles. The van der Waals surface area contributed by atoms with Crippen molar-refractivity contribution in [2.75, 3.05) is 19.0 Å². The third-order valence-corrected chi connectivity index (χ3v) is 5.36. The van der Waals surface area contributed by atoms with Crippen LogP contribution in [0.15, 0.2) is 18.2 Å². The fourth-order valence-electron chi connectivity index (χ4n) is 3.10. The van der Waals surface area contributed by atoms with Gasteiger partial charge < -0.3 is 20.7 Å². The van der Waals surface area contributed by atoms with Crippen molar-refractivity contribution < 1.29 is 14.3 Å². The molecule has 140 valence electrons. The Bertz CT molecular complexity index is 771. The van der Waals surface area contributed by atoms with E-state index in [9.17, 15) is 9.59 Å². The molecule has 1 fully saturated rings. The fraction of sp³-hybridized carbons (Fsp3) is 0.500. The highest BCUT2D eigenvalue weighted by Gasteiger charge is 2.15. The zero-order valence-electron chi connectivity index (χ0n) is 14.8. The summed E-state index contributed by atoms with van der Waals surface area (Å²) in [5.74, 6) is 0.501. The van der Waals surface area contributed by atoms with Gasteiger partial charge in [0.1, 0.15) is 11.3 Å². The number of carbonyl (C=O) groups excluding carboxylic acids is 2. The van der Waals surface area contributed by atoms with Crippen molar-refractivity contribution in [3.05, 3.63) is 18.2 Å². The minimum atomic E-state index is -0.200. The number of benzene rings is 1. The molecule has 3 N–H and O–H groups in total. The van der Waals surface area contributed by atoms with E-state index in [0.717, 1.165) is 23.1 Å². The number of carbonyl (C=O) groups is 2. The van der Waals surface area contributed by atoms with Crippen LogP contribution in [-0.2, 0) is 4.79 Å². The number of amides is 3. The van der Waals surface area contributed by atoms with Crippen molar-refractivity contribution in [3.63, 3.8) is 0 Å². The van der Waals surface area contributed by atoms with Gasteiger partial charge in [-0.05, 0) is 25.0 Å². The number of nitrogens with zero attached hydrogens (tertiary/aromatic N) is 1. The van der Waals surface area contributed by atoms with Gasteiger partial charge in [0.2, 0.25) is 5.91 Å². The molecule has 3 amide bonds. The average molecular weight is 376 g/mol. The minimum Gasteiger partial charge on any atom is -0.494 e. The molecule has 26 heavy (non-hydrogen) atoms. The molecule has 0 atom stereocenters. The lowest BCUT2D eigenvalue weighted by molar-refractivity contribution is -0.116. The number of para-hydroxylation sites is 1. The van der Waals surface area contributed by atoms with Crippen LogP contribution in [-0.4, -0.2) is 36.6 Å². The van der Waals surface area contributed by atoms with Crippen molar-refractivity contribution in [1.29, 1.82) is 0 Å². The molecule has 1 aromatic carbocycles. The van der Waals surface area contributed by atoms with E-state index < -0.39 is 0 Å². The van der Waals surface area contributed by atoms with Crippen LogP contribution in [0.2, 0.25) is 0 Å². The van der Waals surface area contributed by atoms with Crippen LogP contribution in [0, 0.1) is 0 Å². The Morgan fingerprint density at radius 3 is 2.85 bits per heavy atom. The van der Waals surface area contributed by atoms with Crippen LogP contribution < -0.4 is 20.7 Å². The molecular weight excluding hydrogens is 352 g/mol. The molecule has 2 aromatic rings. The highest BCUT2D eigenvalue weighted by Crippen LogP contribution is 2.32. The predicted octanol–water partition coefficient (Wildman–Crippen LogP) is 3.27. The van der Waals surface area contributed by atoms with Crippen molar-refractivity contribution >= 4 is 38.6 Å². The van der Waals surface area contributed by atoms with E-state index >= 15 is 0 Å². The predicted molar refractivity (Wildman–Crippen MR) is 103 cm³/mol. The monoisotopic (exact) mass is 376 g/mol. The van der Waals surface area contributed by atoms with Crippen LogP contribution in [0.25, 0.3) is 10.2 Å². The minimum absolute atomic E-state index is 0.180. The van der Waals surface area contributed by atoms with E-state index in [2.05, 4.69) is 20.9 Å². The molecule has 1 saturated carbocycles. The summed E-state index contributed by atoms with van der Waals surface area (Å²) in [5.41, 5.74) is 0.736. The quantitative estimate of drug-likeness (QED) is 0.721. The molecule has 3 rings (SSSR count). The van der Waals surface area contributed by atoms with Gasteiger partial charge in [-0.15, -0.1) is 0 Å². The first-order chi connectivity index (χ1) is 12.7. The summed E-state index contributed by atoms with van der Waals surface area (Å²) < 4.78 is 6.23. The Morgan fingerprint density at radius 2 is 2.08 bits per heavy atom. The average Bonchev–Trinajstić information content (AvgIpc) is 3.04. The third-order valence-electron chi connectivity index (χ3n) is 4.43. The van der Waals surface area contributed by atoms with Crippen molar-refractivity contribution in [3.8, 4) is 5.75 Å². The smallest absolute Gasteiger partial charge is 0.315 e. The van der Waals surface area contributed by atoms with E-state index in [1.165, 1.54) is 30.6 Å². The van der Waals surface area contributed by atoms with E-state index in [4.69, 9.17) is 4.74 Å². The zero-order chi connectivity index (χ0) is 18.4. The Kier molecular flexibility index (Phi) is 6.27. The maximum atomic E-state index is 12.1. The lowest BCUT2D eigenvalue weighted by Gasteiger charge is -2.22. The number of anilines is 1. The number of aromatic nitrogens is 1. The molecular formula is C18H24N4O3S. The summed E-state index contributed by atoms with van der Waals surface area (Å²) in [5, 5.41) is 9.02. The number of fused-ring (bicyclic) bond motifs is 1. The van der Waals surface area contributed by atoms with Crippen molar-refractivity contribution in [2.24, 2.45) is 0 Å². The zero-order valence-corrected chi connectivity index (χ0v) is 15.7. The first-order valence-electron chi connectivity index (χ1n) is 8.93. The van der Waals surface area contributed by atoms with E-state index in [-0.39, 0.29) is 24.4 Å². The summed E-state index contributed by atoms with van der Waals surface area (Å²) in [6.07, 6.45) is 5.85. The molecule has 1 aliphatic carbocycles. The topological polar surface area (TPSA) is 92.4 Å². The first-order valence-corrected chi connectivity index (χ1v) is 9.75. The first kappa shape index (κ1) is 18.4. The molecule has 8 heteroatoms.